The van der Waals surface area contributed by atoms with E-state index in [0.717, 1.165) is 42.0 Å². The molecule has 1 aromatic heterocycles. The molecule has 0 spiro atoms. The van der Waals surface area contributed by atoms with E-state index in [9.17, 15) is 32.9 Å². The topological polar surface area (TPSA) is 109 Å². The number of carbonyl (C=O) groups is 1. The van der Waals surface area contributed by atoms with Crippen molar-refractivity contribution in [2.45, 2.75) is 13.1 Å². The largest absolute Gasteiger partial charge is 0.453 e. The zero-order valence-corrected chi connectivity index (χ0v) is 18.8. The minimum absolute atomic E-state index is 0.00265. The number of benzene rings is 3. The predicted molar refractivity (Wildman–Crippen MR) is 122 cm³/mol. The van der Waals surface area contributed by atoms with Gasteiger partial charge in [-0.25, -0.2) is 4.79 Å². The lowest BCUT2D eigenvalue weighted by molar-refractivity contribution is -0.384. The quantitative estimate of drug-likeness (QED) is 0.125. The molecule has 0 amide bonds. The normalized spacial score (nSPS) is 11.4. The van der Waals surface area contributed by atoms with Crippen LogP contribution in [-0.2, 0) is 6.18 Å². The first-order valence-electron chi connectivity index (χ1n) is 10.0. The fraction of sp³-hybridized carbons (Fsp3) is 0.0833. The van der Waals surface area contributed by atoms with Gasteiger partial charge in [-0.3, -0.25) is 14.9 Å². The van der Waals surface area contributed by atoms with E-state index in [1.54, 1.807) is 19.1 Å². The van der Waals surface area contributed by atoms with Gasteiger partial charge in [0.05, 0.1) is 20.9 Å². The Hall–Kier alpha value is -4.38. The molecule has 1 heterocycles. The van der Waals surface area contributed by atoms with Gasteiger partial charge in [-0.15, -0.1) is 0 Å². The summed E-state index contributed by atoms with van der Waals surface area (Å²) in [4.78, 5) is 35.6. The Morgan fingerprint density at radius 3 is 2.33 bits per heavy atom. The molecule has 0 aliphatic carbocycles. The molecule has 0 saturated heterocycles. The first kappa shape index (κ1) is 24.7. The van der Waals surface area contributed by atoms with Crippen LogP contribution in [0.4, 0.5) is 18.9 Å². The molecular formula is C24H13ClF3NO7. The van der Waals surface area contributed by atoms with Gasteiger partial charge in [0.25, 0.3) is 11.4 Å². The van der Waals surface area contributed by atoms with Crippen LogP contribution in [0.25, 0.3) is 11.0 Å². The van der Waals surface area contributed by atoms with Crippen LogP contribution in [0.2, 0.25) is 5.02 Å². The van der Waals surface area contributed by atoms with E-state index in [-0.39, 0.29) is 27.5 Å². The fourth-order valence-corrected chi connectivity index (χ4v) is 3.36. The number of esters is 1. The molecule has 36 heavy (non-hydrogen) atoms. The van der Waals surface area contributed by atoms with Gasteiger partial charge < -0.3 is 13.9 Å². The van der Waals surface area contributed by atoms with Crippen LogP contribution < -0.4 is 14.9 Å². The molecule has 0 saturated carbocycles. The Labute approximate surface area is 204 Å². The van der Waals surface area contributed by atoms with Crippen molar-refractivity contribution in [3.8, 4) is 17.2 Å². The van der Waals surface area contributed by atoms with Crippen molar-refractivity contribution in [1.82, 2.24) is 0 Å². The van der Waals surface area contributed by atoms with Crippen LogP contribution in [0.3, 0.4) is 0 Å². The third kappa shape index (κ3) is 5.01. The molecule has 3 aromatic carbocycles. The van der Waals surface area contributed by atoms with E-state index in [2.05, 4.69) is 0 Å². The van der Waals surface area contributed by atoms with Crippen molar-refractivity contribution in [1.29, 1.82) is 0 Å². The van der Waals surface area contributed by atoms with Gasteiger partial charge >= 0.3 is 12.1 Å². The van der Waals surface area contributed by atoms with Crippen molar-refractivity contribution < 1.29 is 36.8 Å². The lowest BCUT2D eigenvalue weighted by Gasteiger charge is -2.14. The van der Waals surface area contributed by atoms with Crippen LogP contribution in [0.1, 0.15) is 21.7 Å². The Balaban J connectivity index is 1.74. The monoisotopic (exact) mass is 519 g/mol. The summed E-state index contributed by atoms with van der Waals surface area (Å²) >= 11 is 5.92. The SMILES string of the molecule is Cc1ccc(Oc2c(C(F)(F)F)oc3cc(OC(=O)c4cc([N+](=O)[O-])ccc4Cl)ccc3c2=O)cc1. The second kappa shape index (κ2) is 9.34. The van der Waals surface area contributed by atoms with Gasteiger partial charge in [0.15, 0.2) is 0 Å². The number of alkyl halides is 3. The summed E-state index contributed by atoms with van der Waals surface area (Å²) in [7, 11) is 0. The molecular weight excluding hydrogens is 507 g/mol. The number of hydrogen-bond acceptors (Lipinski definition) is 7. The third-order valence-electron chi connectivity index (χ3n) is 4.91. The molecule has 0 radical (unpaired) electrons. The van der Waals surface area contributed by atoms with Gasteiger partial charge in [0, 0.05) is 18.2 Å². The number of nitrogens with zero attached hydrogens (tertiary/aromatic N) is 1. The van der Waals surface area contributed by atoms with Gasteiger partial charge in [-0.1, -0.05) is 29.3 Å². The van der Waals surface area contributed by atoms with E-state index < -0.39 is 45.3 Å². The van der Waals surface area contributed by atoms with Crippen molar-refractivity contribution in [2.24, 2.45) is 0 Å². The van der Waals surface area contributed by atoms with E-state index >= 15 is 0 Å². The standard InChI is InChI=1S/C24H13ClF3NO7/c1-12-2-5-14(6-3-12)34-21-20(30)16-8-7-15(11-19(16)36-22(21)24(26,27)28)35-23(31)17-10-13(29(32)33)4-9-18(17)25/h2-11H,1H3. The molecule has 4 aromatic rings. The molecule has 0 aliphatic rings. The molecule has 0 atom stereocenters. The highest BCUT2D eigenvalue weighted by Gasteiger charge is 2.40. The van der Waals surface area contributed by atoms with Crippen molar-refractivity contribution in [3.63, 3.8) is 0 Å². The van der Waals surface area contributed by atoms with Gasteiger partial charge in [0.1, 0.15) is 17.1 Å². The fourth-order valence-electron chi connectivity index (χ4n) is 3.17. The molecule has 0 aliphatic heterocycles. The molecule has 4 rings (SSSR count). The first-order chi connectivity index (χ1) is 16.9. The number of fused-ring (bicyclic) bond motifs is 1. The number of rotatable bonds is 5. The summed E-state index contributed by atoms with van der Waals surface area (Å²) in [5, 5.41) is 10.6. The highest BCUT2D eigenvalue weighted by atomic mass is 35.5. The summed E-state index contributed by atoms with van der Waals surface area (Å²) in [5.41, 5.74) is -1.56. The number of nitro groups is 1. The number of carbonyl (C=O) groups excluding carboxylic acids is 1. The average molecular weight is 520 g/mol. The zero-order chi connectivity index (χ0) is 26.2. The number of nitro benzene ring substituents is 1. The third-order valence-corrected chi connectivity index (χ3v) is 5.24. The summed E-state index contributed by atoms with van der Waals surface area (Å²) < 4.78 is 56.5. The van der Waals surface area contributed by atoms with Gasteiger partial charge in [0.2, 0.25) is 11.2 Å². The smallest absolute Gasteiger partial charge is 0.449 e. The van der Waals surface area contributed by atoms with Crippen LogP contribution in [-0.4, -0.2) is 10.9 Å². The molecule has 8 nitrogen and oxygen atoms in total. The molecule has 0 unspecified atom stereocenters. The van der Waals surface area contributed by atoms with Crippen LogP contribution >= 0.6 is 11.6 Å². The highest BCUT2D eigenvalue weighted by Crippen LogP contribution is 2.38. The maximum Gasteiger partial charge on any atom is 0.453 e. The Morgan fingerprint density at radius 1 is 1.03 bits per heavy atom. The van der Waals surface area contributed by atoms with E-state index in [1.807, 2.05) is 0 Å². The van der Waals surface area contributed by atoms with Crippen molar-refractivity contribution in [2.75, 3.05) is 0 Å². The number of non-ortho nitro benzene ring substituents is 1. The van der Waals surface area contributed by atoms with Gasteiger partial charge in [-0.05, 0) is 37.3 Å². The highest BCUT2D eigenvalue weighted by molar-refractivity contribution is 6.33. The second-order valence-electron chi connectivity index (χ2n) is 7.47. The average Bonchev–Trinajstić information content (AvgIpc) is 2.81. The maximum absolute atomic E-state index is 13.7. The Bertz CT molecular complexity index is 1560. The van der Waals surface area contributed by atoms with Crippen molar-refractivity contribution >= 4 is 34.2 Å². The number of ether oxygens (including phenoxy) is 2. The number of halogens is 4. The molecule has 0 fully saturated rings. The van der Waals surface area contributed by atoms with Gasteiger partial charge in [-0.2, -0.15) is 13.2 Å². The van der Waals surface area contributed by atoms with E-state index in [0.29, 0.717) is 0 Å². The second-order valence-corrected chi connectivity index (χ2v) is 7.88. The molecule has 0 N–H and O–H groups in total. The first-order valence-corrected chi connectivity index (χ1v) is 10.4. The summed E-state index contributed by atoms with van der Waals surface area (Å²) in [5.74, 6) is -4.13. The summed E-state index contributed by atoms with van der Waals surface area (Å²) in [6, 6.07) is 12.2. The van der Waals surface area contributed by atoms with Crippen LogP contribution in [0, 0.1) is 17.0 Å². The molecule has 12 heteroatoms. The zero-order valence-electron chi connectivity index (χ0n) is 18.1. The lowest BCUT2D eigenvalue weighted by Crippen LogP contribution is -2.15. The van der Waals surface area contributed by atoms with Crippen LogP contribution in [0.15, 0.2) is 69.9 Å². The summed E-state index contributed by atoms with van der Waals surface area (Å²) in [6.45, 7) is 1.77. The summed E-state index contributed by atoms with van der Waals surface area (Å²) in [6.07, 6.45) is -5.09. The Kier molecular flexibility index (Phi) is 6.42. The van der Waals surface area contributed by atoms with Crippen molar-refractivity contribution in [3.05, 3.63) is 103 Å². The number of hydrogen-bond donors (Lipinski definition) is 0. The minimum Gasteiger partial charge on any atom is -0.449 e. The predicted octanol–water partition coefficient (Wildman–Crippen LogP) is 6.69. The Morgan fingerprint density at radius 2 is 1.69 bits per heavy atom. The molecule has 184 valence electrons. The maximum atomic E-state index is 13.7. The van der Waals surface area contributed by atoms with Crippen LogP contribution in [0.5, 0.6) is 17.2 Å². The lowest BCUT2D eigenvalue weighted by atomic mass is 10.2. The van der Waals surface area contributed by atoms with E-state index in [1.165, 1.54) is 12.1 Å². The van der Waals surface area contributed by atoms with E-state index in [4.69, 9.17) is 25.5 Å². The minimum atomic E-state index is -5.09. The number of aryl methyl sites for hydroxylation is 1. The molecule has 0 bridgehead atoms.